The summed E-state index contributed by atoms with van der Waals surface area (Å²) >= 11 is 6.05. The summed E-state index contributed by atoms with van der Waals surface area (Å²) in [5.41, 5.74) is 1.49. The topological polar surface area (TPSA) is 83.5 Å². The monoisotopic (exact) mass is 562 g/mol. The summed E-state index contributed by atoms with van der Waals surface area (Å²) in [7, 11) is -3.74. The Morgan fingerprint density at radius 1 is 1.21 bits per heavy atom. The number of thiophene rings is 1. The number of amides is 1. The molecule has 4 aromatic rings. The van der Waals surface area contributed by atoms with Crippen molar-refractivity contribution < 1.29 is 13.2 Å². The molecule has 33 heavy (non-hydrogen) atoms. The van der Waals surface area contributed by atoms with Gasteiger partial charge in [0.15, 0.2) is 5.13 Å². The first-order valence-electron chi connectivity index (χ1n) is 10.3. The molecule has 1 atom stereocenters. The van der Waals surface area contributed by atoms with Gasteiger partial charge in [-0.1, -0.05) is 39.4 Å². The number of sulfonamides is 1. The van der Waals surface area contributed by atoms with Crippen LogP contribution in [0.1, 0.15) is 18.5 Å². The SMILES string of the molecule is O=C(C1CCCN1S(=O)(=O)c1cccs1)N(Cc1ccccn1)c1nc2ccc(Br)cc2s1. The van der Waals surface area contributed by atoms with Crippen LogP contribution in [-0.2, 0) is 21.4 Å². The number of carbonyl (C=O) groups is 1. The summed E-state index contributed by atoms with van der Waals surface area (Å²) in [5.74, 6) is -0.281. The molecule has 1 amide bonds. The number of fused-ring (bicyclic) bond motifs is 1. The first kappa shape index (κ1) is 22.6. The molecule has 0 saturated carbocycles. The average Bonchev–Trinajstić information content (AvgIpc) is 3.58. The van der Waals surface area contributed by atoms with Crippen LogP contribution in [-0.4, -0.2) is 41.2 Å². The molecule has 0 aliphatic carbocycles. The highest BCUT2D eigenvalue weighted by Crippen LogP contribution is 2.35. The Kier molecular flexibility index (Phi) is 6.32. The zero-order chi connectivity index (χ0) is 23.0. The number of carbonyl (C=O) groups excluding carboxylic acids is 1. The Morgan fingerprint density at radius 2 is 2.09 bits per heavy atom. The summed E-state index contributed by atoms with van der Waals surface area (Å²) in [4.78, 5) is 24.5. The van der Waals surface area contributed by atoms with Gasteiger partial charge in [0.25, 0.3) is 10.0 Å². The van der Waals surface area contributed by atoms with Crippen molar-refractivity contribution >= 4 is 69.9 Å². The van der Waals surface area contributed by atoms with E-state index in [9.17, 15) is 13.2 Å². The lowest BCUT2D eigenvalue weighted by atomic mass is 10.2. The van der Waals surface area contributed by atoms with Crippen LogP contribution in [0.15, 0.2) is 68.8 Å². The van der Waals surface area contributed by atoms with Crippen molar-refractivity contribution in [3.63, 3.8) is 0 Å². The summed E-state index contributed by atoms with van der Waals surface area (Å²) in [6.07, 6.45) is 2.78. The number of halogens is 1. The molecule has 5 rings (SSSR count). The van der Waals surface area contributed by atoms with Crippen LogP contribution < -0.4 is 4.90 Å². The molecule has 0 radical (unpaired) electrons. The van der Waals surface area contributed by atoms with Crippen LogP contribution in [0.2, 0.25) is 0 Å². The van der Waals surface area contributed by atoms with Crippen LogP contribution in [0, 0.1) is 0 Å². The minimum Gasteiger partial charge on any atom is -0.281 e. The molecule has 0 N–H and O–H groups in total. The molecular weight excluding hydrogens is 544 g/mol. The molecule has 0 spiro atoms. The number of nitrogens with zero attached hydrogens (tertiary/aromatic N) is 4. The van der Waals surface area contributed by atoms with Crippen molar-refractivity contribution in [2.75, 3.05) is 11.4 Å². The quantitative estimate of drug-likeness (QED) is 0.333. The maximum absolute atomic E-state index is 13.9. The Labute approximate surface area is 207 Å². The number of thiazole rings is 1. The molecule has 170 valence electrons. The predicted octanol–water partition coefficient (Wildman–Crippen LogP) is 4.90. The van der Waals surface area contributed by atoms with Crippen molar-refractivity contribution in [1.82, 2.24) is 14.3 Å². The molecule has 7 nitrogen and oxygen atoms in total. The van der Waals surface area contributed by atoms with Gasteiger partial charge < -0.3 is 0 Å². The Morgan fingerprint density at radius 3 is 2.85 bits per heavy atom. The normalized spacial score (nSPS) is 16.9. The minimum atomic E-state index is -3.74. The highest BCUT2D eigenvalue weighted by molar-refractivity contribution is 9.10. The van der Waals surface area contributed by atoms with Crippen molar-refractivity contribution in [3.05, 3.63) is 70.3 Å². The van der Waals surface area contributed by atoms with Crippen LogP contribution in [0.3, 0.4) is 0 Å². The Hall–Kier alpha value is -2.18. The van der Waals surface area contributed by atoms with E-state index in [1.54, 1.807) is 28.6 Å². The molecule has 1 aliphatic heterocycles. The zero-order valence-corrected chi connectivity index (χ0v) is 21.3. The zero-order valence-electron chi connectivity index (χ0n) is 17.3. The molecule has 3 aromatic heterocycles. The van der Waals surface area contributed by atoms with Crippen molar-refractivity contribution in [1.29, 1.82) is 0 Å². The van der Waals surface area contributed by atoms with Crippen molar-refractivity contribution in [3.8, 4) is 0 Å². The summed E-state index contributed by atoms with van der Waals surface area (Å²) in [6.45, 7) is 0.533. The number of anilines is 1. The third kappa shape index (κ3) is 4.47. The van der Waals surface area contributed by atoms with Crippen LogP contribution in [0.25, 0.3) is 10.2 Å². The van der Waals surface area contributed by atoms with Gasteiger partial charge in [-0.05, 0) is 54.6 Å². The van der Waals surface area contributed by atoms with E-state index in [-0.39, 0.29) is 16.7 Å². The number of rotatable bonds is 6. The fourth-order valence-electron chi connectivity index (χ4n) is 3.88. The van der Waals surface area contributed by atoms with Gasteiger partial charge in [-0.2, -0.15) is 4.31 Å². The second-order valence-corrected chi connectivity index (χ2v) is 12.5. The van der Waals surface area contributed by atoms with Crippen molar-refractivity contribution in [2.24, 2.45) is 0 Å². The predicted molar refractivity (Wildman–Crippen MR) is 134 cm³/mol. The highest BCUT2D eigenvalue weighted by atomic mass is 79.9. The van der Waals surface area contributed by atoms with E-state index < -0.39 is 16.1 Å². The maximum Gasteiger partial charge on any atom is 0.253 e. The molecule has 1 saturated heterocycles. The number of hydrogen-bond donors (Lipinski definition) is 0. The van der Waals surface area contributed by atoms with Crippen LogP contribution in [0.4, 0.5) is 5.13 Å². The lowest BCUT2D eigenvalue weighted by Crippen LogP contribution is -2.47. The van der Waals surface area contributed by atoms with Gasteiger partial charge in [-0.15, -0.1) is 11.3 Å². The van der Waals surface area contributed by atoms with Gasteiger partial charge in [0.2, 0.25) is 5.91 Å². The third-order valence-electron chi connectivity index (χ3n) is 5.43. The van der Waals surface area contributed by atoms with Gasteiger partial charge in [-0.3, -0.25) is 14.7 Å². The highest BCUT2D eigenvalue weighted by Gasteiger charge is 2.42. The number of hydrogen-bond acceptors (Lipinski definition) is 7. The van der Waals surface area contributed by atoms with Gasteiger partial charge in [0, 0.05) is 17.2 Å². The molecule has 11 heteroatoms. The van der Waals surface area contributed by atoms with Crippen LogP contribution in [0.5, 0.6) is 0 Å². The number of pyridine rings is 1. The molecule has 1 aliphatic rings. The molecule has 0 bridgehead atoms. The second-order valence-electron chi connectivity index (χ2n) is 7.56. The van der Waals surface area contributed by atoms with Crippen molar-refractivity contribution in [2.45, 2.75) is 29.6 Å². The Bertz CT molecular complexity index is 1390. The first-order chi connectivity index (χ1) is 15.9. The number of benzene rings is 1. The van der Waals surface area contributed by atoms with Gasteiger partial charge in [0.1, 0.15) is 10.3 Å². The maximum atomic E-state index is 13.9. The summed E-state index contributed by atoms with van der Waals surface area (Å²) < 4.78 is 29.9. The fraction of sp³-hybridized carbons (Fsp3) is 0.227. The average molecular weight is 564 g/mol. The van der Waals surface area contributed by atoms with E-state index in [0.717, 1.165) is 26.0 Å². The lowest BCUT2D eigenvalue weighted by Gasteiger charge is -2.28. The Balaban J connectivity index is 1.53. The smallest absolute Gasteiger partial charge is 0.253 e. The fourth-order valence-corrected chi connectivity index (χ4v) is 8.17. The van der Waals surface area contributed by atoms with E-state index >= 15 is 0 Å². The second kappa shape index (κ2) is 9.22. The standard InChI is InChI=1S/C22H19BrN4O3S3/c23-15-8-9-17-19(13-15)32-22(25-17)26(14-16-5-1-2-10-24-16)21(28)18-6-3-11-27(18)33(29,30)20-7-4-12-31-20/h1-2,4-5,7-10,12-13,18H,3,6,11,14H2. The molecular formula is C22H19BrN4O3S3. The summed E-state index contributed by atoms with van der Waals surface area (Å²) in [5, 5.41) is 2.26. The first-order valence-corrected chi connectivity index (χ1v) is 14.2. The third-order valence-corrected chi connectivity index (χ3v) is 10.2. The minimum absolute atomic E-state index is 0.212. The molecule has 1 fully saturated rings. The van der Waals surface area contributed by atoms with Gasteiger partial charge >= 0.3 is 0 Å². The van der Waals surface area contributed by atoms with E-state index in [1.807, 2.05) is 36.4 Å². The lowest BCUT2D eigenvalue weighted by molar-refractivity contribution is -0.121. The number of aromatic nitrogens is 2. The van der Waals surface area contributed by atoms with Gasteiger partial charge in [-0.25, -0.2) is 13.4 Å². The van der Waals surface area contributed by atoms with E-state index in [4.69, 9.17) is 0 Å². The van der Waals surface area contributed by atoms with E-state index in [2.05, 4.69) is 25.9 Å². The van der Waals surface area contributed by atoms with E-state index in [0.29, 0.717) is 30.2 Å². The summed E-state index contributed by atoms with van der Waals surface area (Å²) in [6, 6.07) is 13.8. The largest absolute Gasteiger partial charge is 0.281 e. The molecule has 1 aromatic carbocycles. The molecule has 4 heterocycles. The van der Waals surface area contributed by atoms with Crippen LogP contribution >= 0.6 is 38.6 Å². The van der Waals surface area contributed by atoms with E-state index in [1.165, 1.54) is 15.6 Å². The van der Waals surface area contributed by atoms with Gasteiger partial charge in [0.05, 0.1) is 22.5 Å². The molecule has 1 unspecified atom stereocenters.